The average Bonchev–Trinajstić information content (AvgIpc) is 2.73. The highest BCUT2D eigenvalue weighted by molar-refractivity contribution is 7.99. The molecule has 1 N–H and O–H groups in total. The second kappa shape index (κ2) is 12.6. The second-order valence-electron chi connectivity index (χ2n) is 6.73. The molecule has 0 unspecified atom stereocenters. The number of likely N-dealkylation sites (N-methyl/N-ethyl adjacent to an activating group) is 1. The predicted octanol–water partition coefficient (Wildman–Crippen LogP) is 4.56. The molecular weight excluding hydrogens is 404 g/mol. The summed E-state index contributed by atoms with van der Waals surface area (Å²) >= 11 is 7.73. The standard InChI is InChI=1S/C23H29ClN2O2S/c1-3-21(23(28)25-4-2)26(15-14-18-10-6-5-7-11-18)22(27)17-29-16-19-12-8-9-13-20(19)24/h5-13,21H,3-4,14-17H2,1-2H3,(H,25,28)/t21-/m1/s1. The van der Waals surface area contributed by atoms with E-state index in [0.29, 0.717) is 36.0 Å². The van der Waals surface area contributed by atoms with Crippen molar-refractivity contribution in [1.82, 2.24) is 10.2 Å². The van der Waals surface area contributed by atoms with E-state index in [9.17, 15) is 9.59 Å². The van der Waals surface area contributed by atoms with Gasteiger partial charge < -0.3 is 10.2 Å². The van der Waals surface area contributed by atoms with Crippen LogP contribution in [0.15, 0.2) is 54.6 Å². The third-order valence-electron chi connectivity index (χ3n) is 4.66. The minimum absolute atomic E-state index is 0.0175. The summed E-state index contributed by atoms with van der Waals surface area (Å²) in [6, 6.07) is 17.2. The Balaban J connectivity index is 2.04. The Bertz CT molecular complexity index is 785. The Hall–Kier alpha value is -1.98. The number of thioether (sulfide) groups is 1. The first-order valence-electron chi connectivity index (χ1n) is 9.99. The van der Waals surface area contributed by atoms with Gasteiger partial charge in [-0.25, -0.2) is 0 Å². The summed E-state index contributed by atoms with van der Waals surface area (Å²) in [5, 5.41) is 3.57. The highest BCUT2D eigenvalue weighted by Crippen LogP contribution is 2.21. The largest absolute Gasteiger partial charge is 0.355 e. The van der Waals surface area contributed by atoms with Crippen molar-refractivity contribution in [2.45, 2.75) is 38.5 Å². The van der Waals surface area contributed by atoms with E-state index >= 15 is 0 Å². The zero-order valence-corrected chi connectivity index (χ0v) is 18.6. The maximum Gasteiger partial charge on any atom is 0.242 e. The fourth-order valence-corrected chi connectivity index (χ4v) is 4.33. The van der Waals surface area contributed by atoms with Gasteiger partial charge in [-0.3, -0.25) is 9.59 Å². The number of benzene rings is 2. The van der Waals surface area contributed by atoms with Gasteiger partial charge in [0, 0.05) is 23.9 Å². The summed E-state index contributed by atoms with van der Waals surface area (Å²) in [6.45, 7) is 4.90. The third-order valence-corrected chi connectivity index (χ3v) is 6.00. The summed E-state index contributed by atoms with van der Waals surface area (Å²) in [7, 11) is 0. The lowest BCUT2D eigenvalue weighted by atomic mass is 10.1. The molecule has 0 spiro atoms. The van der Waals surface area contributed by atoms with Crippen LogP contribution in [0.2, 0.25) is 5.02 Å². The molecule has 156 valence electrons. The van der Waals surface area contributed by atoms with E-state index in [0.717, 1.165) is 17.5 Å². The van der Waals surface area contributed by atoms with Crippen LogP contribution in [-0.2, 0) is 21.8 Å². The predicted molar refractivity (Wildman–Crippen MR) is 122 cm³/mol. The lowest BCUT2D eigenvalue weighted by Crippen LogP contribution is -2.50. The van der Waals surface area contributed by atoms with Gasteiger partial charge in [-0.05, 0) is 37.0 Å². The number of halogens is 1. The Morgan fingerprint density at radius 3 is 2.41 bits per heavy atom. The number of hydrogen-bond acceptors (Lipinski definition) is 3. The van der Waals surface area contributed by atoms with E-state index < -0.39 is 6.04 Å². The zero-order chi connectivity index (χ0) is 21.1. The normalized spacial score (nSPS) is 11.7. The Morgan fingerprint density at radius 1 is 1.07 bits per heavy atom. The first kappa shape index (κ1) is 23.3. The average molecular weight is 433 g/mol. The summed E-state index contributed by atoms with van der Waals surface area (Å²) < 4.78 is 0. The van der Waals surface area contributed by atoms with Crippen molar-refractivity contribution < 1.29 is 9.59 Å². The van der Waals surface area contributed by atoms with Gasteiger partial charge in [0.05, 0.1) is 5.75 Å². The molecule has 0 aromatic heterocycles. The molecule has 2 amide bonds. The van der Waals surface area contributed by atoms with Crippen LogP contribution in [0, 0.1) is 0 Å². The second-order valence-corrected chi connectivity index (χ2v) is 8.12. The van der Waals surface area contributed by atoms with Gasteiger partial charge in [-0.1, -0.05) is 67.1 Å². The Morgan fingerprint density at radius 2 is 1.76 bits per heavy atom. The lowest BCUT2D eigenvalue weighted by molar-refractivity contribution is -0.138. The molecule has 4 nitrogen and oxygen atoms in total. The van der Waals surface area contributed by atoms with Gasteiger partial charge in [0.1, 0.15) is 6.04 Å². The zero-order valence-electron chi connectivity index (χ0n) is 17.1. The van der Waals surface area contributed by atoms with Crippen LogP contribution in [0.5, 0.6) is 0 Å². The van der Waals surface area contributed by atoms with Crippen molar-refractivity contribution in [3.05, 3.63) is 70.7 Å². The fraction of sp³-hybridized carbons (Fsp3) is 0.391. The Labute approximate surface area is 183 Å². The number of nitrogens with one attached hydrogen (secondary N) is 1. The van der Waals surface area contributed by atoms with Gasteiger partial charge in [0.15, 0.2) is 0 Å². The summed E-state index contributed by atoms with van der Waals surface area (Å²) in [5.41, 5.74) is 2.17. The van der Waals surface area contributed by atoms with E-state index in [1.165, 1.54) is 11.8 Å². The quantitative estimate of drug-likeness (QED) is 0.566. The van der Waals surface area contributed by atoms with Crippen molar-refractivity contribution in [1.29, 1.82) is 0 Å². The molecule has 0 saturated heterocycles. The minimum Gasteiger partial charge on any atom is -0.355 e. The SMILES string of the molecule is CCNC(=O)[C@@H](CC)N(CCc1ccccc1)C(=O)CSCc1ccccc1Cl. The number of amides is 2. The molecular formula is C23H29ClN2O2S. The van der Waals surface area contributed by atoms with E-state index in [1.54, 1.807) is 4.90 Å². The number of rotatable bonds is 11. The van der Waals surface area contributed by atoms with Crippen LogP contribution in [0.25, 0.3) is 0 Å². The smallest absolute Gasteiger partial charge is 0.242 e. The van der Waals surface area contributed by atoms with Crippen LogP contribution in [0.3, 0.4) is 0 Å². The van der Waals surface area contributed by atoms with Gasteiger partial charge in [-0.2, -0.15) is 0 Å². The van der Waals surface area contributed by atoms with Crippen LogP contribution in [-0.4, -0.2) is 41.6 Å². The molecule has 2 aromatic carbocycles. The molecule has 29 heavy (non-hydrogen) atoms. The van der Waals surface area contributed by atoms with Crippen molar-refractivity contribution >= 4 is 35.2 Å². The molecule has 0 aliphatic heterocycles. The first-order chi connectivity index (χ1) is 14.1. The van der Waals surface area contributed by atoms with Gasteiger partial charge in [0.25, 0.3) is 0 Å². The Kier molecular flexibility index (Phi) is 10.1. The highest BCUT2D eigenvalue weighted by Gasteiger charge is 2.27. The van der Waals surface area contributed by atoms with Gasteiger partial charge in [0.2, 0.25) is 11.8 Å². The number of carbonyl (C=O) groups excluding carboxylic acids is 2. The van der Waals surface area contributed by atoms with Crippen LogP contribution in [0.4, 0.5) is 0 Å². The molecule has 0 fully saturated rings. The number of nitrogens with zero attached hydrogens (tertiary/aromatic N) is 1. The monoisotopic (exact) mass is 432 g/mol. The van der Waals surface area contributed by atoms with E-state index in [-0.39, 0.29) is 11.8 Å². The molecule has 0 aliphatic rings. The molecule has 2 aromatic rings. The molecule has 0 radical (unpaired) electrons. The van der Waals surface area contributed by atoms with Crippen molar-refractivity contribution in [2.75, 3.05) is 18.8 Å². The molecule has 6 heteroatoms. The minimum atomic E-state index is -0.452. The molecule has 1 atom stereocenters. The topological polar surface area (TPSA) is 49.4 Å². The fourth-order valence-electron chi connectivity index (χ4n) is 3.13. The summed E-state index contributed by atoms with van der Waals surface area (Å²) in [4.78, 5) is 27.3. The number of carbonyl (C=O) groups is 2. The maximum atomic E-state index is 13.0. The third kappa shape index (κ3) is 7.41. The molecule has 0 bridgehead atoms. The van der Waals surface area contributed by atoms with Gasteiger partial charge in [-0.15, -0.1) is 11.8 Å². The molecule has 0 heterocycles. The molecule has 0 aliphatic carbocycles. The van der Waals surface area contributed by atoms with Crippen molar-refractivity contribution in [3.63, 3.8) is 0 Å². The van der Waals surface area contributed by atoms with Crippen LogP contribution >= 0.6 is 23.4 Å². The summed E-state index contributed by atoms with van der Waals surface area (Å²) in [5.74, 6) is 0.870. The van der Waals surface area contributed by atoms with E-state index in [2.05, 4.69) is 5.32 Å². The highest BCUT2D eigenvalue weighted by atomic mass is 35.5. The first-order valence-corrected chi connectivity index (χ1v) is 11.5. The van der Waals surface area contributed by atoms with Crippen LogP contribution < -0.4 is 5.32 Å². The lowest BCUT2D eigenvalue weighted by Gasteiger charge is -2.30. The molecule has 0 saturated carbocycles. The van der Waals surface area contributed by atoms with E-state index in [4.69, 9.17) is 11.6 Å². The number of hydrogen-bond donors (Lipinski definition) is 1. The van der Waals surface area contributed by atoms with Gasteiger partial charge >= 0.3 is 0 Å². The molecule has 2 rings (SSSR count). The maximum absolute atomic E-state index is 13.0. The summed E-state index contributed by atoms with van der Waals surface area (Å²) in [6.07, 6.45) is 1.30. The van der Waals surface area contributed by atoms with Crippen molar-refractivity contribution in [2.24, 2.45) is 0 Å². The van der Waals surface area contributed by atoms with Crippen LogP contribution in [0.1, 0.15) is 31.4 Å². The van der Waals surface area contributed by atoms with Crippen molar-refractivity contribution in [3.8, 4) is 0 Å². The van der Waals surface area contributed by atoms with E-state index in [1.807, 2.05) is 68.4 Å².